The van der Waals surface area contributed by atoms with Gasteiger partial charge in [-0.2, -0.15) is 0 Å². The third kappa shape index (κ3) is 30.1. The second-order valence-corrected chi connectivity index (χ2v) is 14.1. The number of benzene rings is 1. The highest BCUT2D eigenvalue weighted by molar-refractivity contribution is 6.69. The van der Waals surface area contributed by atoms with E-state index in [1.54, 1.807) is 0 Å². The summed E-state index contributed by atoms with van der Waals surface area (Å²) in [7, 11) is -1.45. The molecule has 0 fully saturated rings. The summed E-state index contributed by atoms with van der Waals surface area (Å²) in [5, 5.41) is 0. The van der Waals surface area contributed by atoms with Crippen LogP contribution in [0.5, 0.6) is 5.75 Å². The van der Waals surface area contributed by atoms with Crippen LogP contribution in [0.2, 0.25) is 19.6 Å². The Hall–Kier alpha value is -1.16. The summed E-state index contributed by atoms with van der Waals surface area (Å²) in [6.07, 6.45) is 0. The van der Waals surface area contributed by atoms with Gasteiger partial charge in [-0.15, -0.1) is 0 Å². The molecule has 0 amide bonds. The van der Waals surface area contributed by atoms with Crippen LogP contribution < -0.4 is 4.74 Å². The van der Waals surface area contributed by atoms with Crippen molar-refractivity contribution in [3.8, 4) is 5.75 Å². The third-order valence-electron chi connectivity index (χ3n) is 4.98. The van der Waals surface area contributed by atoms with E-state index in [0.717, 1.165) is 5.75 Å². The van der Waals surface area contributed by atoms with Crippen LogP contribution in [-0.4, -0.2) is 140 Å². The van der Waals surface area contributed by atoms with Gasteiger partial charge in [0.25, 0.3) is 0 Å². The lowest BCUT2D eigenvalue weighted by atomic mass is 10.3. The molecular formula is C29H54O11Si. The first-order valence-corrected chi connectivity index (χ1v) is 18.0. The first-order valence-electron chi connectivity index (χ1n) is 14.6. The summed E-state index contributed by atoms with van der Waals surface area (Å²) in [6.45, 7) is 17.3. The molecule has 0 radical (unpaired) electrons. The van der Waals surface area contributed by atoms with E-state index in [2.05, 4.69) is 19.6 Å². The monoisotopic (exact) mass is 606 g/mol. The number of ether oxygens (including phenoxy) is 10. The van der Waals surface area contributed by atoms with Crippen molar-refractivity contribution in [2.75, 3.05) is 132 Å². The van der Waals surface area contributed by atoms with Crippen molar-refractivity contribution in [3.63, 3.8) is 0 Å². The Balaban J connectivity index is 1.63. The SMILES string of the molecule is C[Si](C)(C)OCCOCCOCCOCCOCCOCCOCCOCCOCCOCCOc1ccccc1. The molecule has 0 aliphatic carbocycles. The van der Waals surface area contributed by atoms with E-state index < -0.39 is 8.32 Å². The van der Waals surface area contributed by atoms with Gasteiger partial charge in [-0.25, -0.2) is 0 Å². The Labute approximate surface area is 248 Å². The van der Waals surface area contributed by atoms with E-state index in [1.807, 2.05) is 30.3 Å². The van der Waals surface area contributed by atoms with Crippen molar-refractivity contribution in [3.05, 3.63) is 30.3 Å². The molecule has 0 spiro atoms. The molecule has 11 nitrogen and oxygen atoms in total. The minimum Gasteiger partial charge on any atom is -0.491 e. The van der Waals surface area contributed by atoms with Gasteiger partial charge in [0, 0.05) is 0 Å². The fourth-order valence-electron chi connectivity index (χ4n) is 3.00. The van der Waals surface area contributed by atoms with Crippen LogP contribution in [0.4, 0.5) is 0 Å². The van der Waals surface area contributed by atoms with Crippen LogP contribution in [0, 0.1) is 0 Å². The third-order valence-corrected chi connectivity index (χ3v) is 6.05. The van der Waals surface area contributed by atoms with Gasteiger partial charge < -0.3 is 51.8 Å². The zero-order valence-corrected chi connectivity index (χ0v) is 26.5. The van der Waals surface area contributed by atoms with Gasteiger partial charge >= 0.3 is 0 Å². The summed E-state index contributed by atoms with van der Waals surface area (Å²) >= 11 is 0. The topological polar surface area (TPSA) is 102 Å². The molecule has 0 aliphatic rings. The lowest BCUT2D eigenvalue weighted by Gasteiger charge is -2.16. The van der Waals surface area contributed by atoms with Crippen molar-refractivity contribution in [1.29, 1.82) is 0 Å². The van der Waals surface area contributed by atoms with Gasteiger partial charge in [-0.05, 0) is 31.8 Å². The molecule has 0 aromatic heterocycles. The molecule has 1 rings (SSSR count). The van der Waals surface area contributed by atoms with Crippen molar-refractivity contribution in [1.82, 2.24) is 0 Å². The van der Waals surface area contributed by atoms with Crippen molar-refractivity contribution in [2.24, 2.45) is 0 Å². The molecule has 240 valence electrons. The Bertz CT molecular complexity index is 649. The molecule has 0 atom stereocenters. The Morgan fingerprint density at radius 3 is 0.927 bits per heavy atom. The zero-order chi connectivity index (χ0) is 29.5. The molecule has 0 aliphatic heterocycles. The van der Waals surface area contributed by atoms with Gasteiger partial charge in [-0.3, -0.25) is 0 Å². The number of hydrogen-bond donors (Lipinski definition) is 0. The van der Waals surface area contributed by atoms with E-state index in [1.165, 1.54) is 0 Å². The average Bonchev–Trinajstić information content (AvgIpc) is 2.96. The molecule has 0 saturated heterocycles. The highest BCUT2D eigenvalue weighted by Gasteiger charge is 2.13. The Morgan fingerprint density at radius 2 is 0.634 bits per heavy atom. The normalized spacial score (nSPS) is 11.8. The fraction of sp³-hybridized carbons (Fsp3) is 0.793. The van der Waals surface area contributed by atoms with E-state index in [4.69, 9.17) is 51.8 Å². The minimum atomic E-state index is -1.45. The van der Waals surface area contributed by atoms with Gasteiger partial charge in [0.2, 0.25) is 0 Å². The first-order chi connectivity index (χ1) is 20.1. The lowest BCUT2D eigenvalue weighted by Crippen LogP contribution is -2.27. The van der Waals surface area contributed by atoms with Crippen molar-refractivity contribution in [2.45, 2.75) is 19.6 Å². The quantitative estimate of drug-likeness (QED) is 0.0894. The van der Waals surface area contributed by atoms with Crippen LogP contribution in [0.1, 0.15) is 0 Å². The van der Waals surface area contributed by atoms with Crippen molar-refractivity contribution < 1.29 is 51.8 Å². The molecule has 12 heteroatoms. The number of para-hydroxylation sites is 1. The summed E-state index contributed by atoms with van der Waals surface area (Å²) in [5.74, 6) is 0.847. The van der Waals surface area contributed by atoms with E-state index in [0.29, 0.717) is 132 Å². The highest BCUT2D eigenvalue weighted by atomic mass is 28.4. The van der Waals surface area contributed by atoms with Gasteiger partial charge in [0.1, 0.15) is 12.4 Å². The second-order valence-electron chi connectivity index (χ2n) is 9.63. The molecule has 0 bridgehead atoms. The number of rotatable bonds is 32. The molecule has 0 unspecified atom stereocenters. The van der Waals surface area contributed by atoms with E-state index in [-0.39, 0.29) is 0 Å². The first kappa shape index (κ1) is 37.9. The molecular weight excluding hydrogens is 552 g/mol. The maximum Gasteiger partial charge on any atom is 0.183 e. The molecule has 0 saturated carbocycles. The van der Waals surface area contributed by atoms with Crippen molar-refractivity contribution >= 4 is 8.32 Å². The van der Waals surface area contributed by atoms with Crippen LogP contribution in [0.3, 0.4) is 0 Å². The fourth-order valence-corrected chi connectivity index (χ4v) is 3.70. The summed E-state index contributed by atoms with van der Waals surface area (Å²) in [6, 6.07) is 9.68. The smallest absolute Gasteiger partial charge is 0.183 e. The van der Waals surface area contributed by atoms with E-state index >= 15 is 0 Å². The standard InChI is InChI=1S/C29H54O11Si/c1-41(2,3)40-28-26-38-24-22-36-20-18-34-16-14-32-12-10-30-9-11-31-13-15-33-17-19-35-21-23-37-25-27-39-29-7-5-4-6-8-29/h4-8H,9-28H2,1-3H3. The largest absolute Gasteiger partial charge is 0.491 e. The van der Waals surface area contributed by atoms with Gasteiger partial charge in [-0.1, -0.05) is 18.2 Å². The van der Waals surface area contributed by atoms with Crippen LogP contribution in [0.25, 0.3) is 0 Å². The highest BCUT2D eigenvalue weighted by Crippen LogP contribution is 2.07. The lowest BCUT2D eigenvalue weighted by molar-refractivity contribution is -0.0257. The van der Waals surface area contributed by atoms with Crippen LogP contribution in [-0.2, 0) is 47.1 Å². The van der Waals surface area contributed by atoms with E-state index in [9.17, 15) is 0 Å². The molecule has 0 N–H and O–H groups in total. The van der Waals surface area contributed by atoms with Gasteiger partial charge in [0.15, 0.2) is 8.32 Å². The number of hydrogen-bond acceptors (Lipinski definition) is 11. The Morgan fingerprint density at radius 1 is 0.366 bits per heavy atom. The molecule has 1 aromatic rings. The molecule has 1 aromatic carbocycles. The summed E-state index contributed by atoms with van der Waals surface area (Å²) in [4.78, 5) is 0. The molecule has 41 heavy (non-hydrogen) atoms. The predicted octanol–water partition coefficient (Wildman–Crippen LogP) is 3.07. The second kappa shape index (κ2) is 28.9. The summed E-state index contributed by atoms with van der Waals surface area (Å²) < 4.78 is 60.5. The zero-order valence-electron chi connectivity index (χ0n) is 25.5. The summed E-state index contributed by atoms with van der Waals surface area (Å²) in [5.41, 5.74) is 0. The van der Waals surface area contributed by atoms with Crippen LogP contribution >= 0.6 is 0 Å². The van der Waals surface area contributed by atoms with Gasteiger partial charge in [0.05, 0.1) is 126 Å². The maximum atomic E-state index is 5.71. The molecule has 0 heterocycles. The Kier molecular flexibility index (Phi) is 26.7. The average molecular weight is 607 g/mol. The minimum absolute atomic E-state index is 0.519. The predicted molar refractivity (Wildman–Crippen MR) is 159 cm³/mol. The van der Waals surface area contributed by atoms with Crippen LogP contribution in [0.15, 0.2) is 30.3 Å². The maximum absolute atomic E-state index is 5.71.